The fraction of sp³-hybridized carbons (Fsp3) is 0.281. The van der Waals surface area contributed by atoms with Crippen molar-refractivity contribution < 1.29 is 27.9 Å². The summed E-state index contributed by atoms with van der Waals surface area (Å²) in [5, 5.41) is 15.9. The first-order valence-electron chi connectivity index (χ1n) is 13.5. The molecule has 0 aliphatic heterocycles. The minimum atomic E-state index is -4.47. The molecule has 0 unspecified atom stereocenters. The fourth-order valence-corrected chi connectivity index (χ4v) is 6.61. The summed E-state index contributed by atoms with van der Waals surface area (Å²) >= 11 is 1.50. The number of aliphatic hydroxyl groups excluding tert-OH is 1. The number of halogens is 3. The summed E-state index contributed by atoms with van der Waals surface area (Å²) < 4.78 is 39.3. The van der Waals surface area contributed by atoms with Crippen LogP contribution in [0.4, 0.5) is 18.2 Å². The van der Waals surface area contributed by atoms with Gasteiger partial charge in [-0.3, -0.25) is 14.6 Å². The van der Waals surface area contributed by atoms with Gasteiger partial charge in [0.15, 0.2) is 0 Å². The number of pyridine rings is 1. The summed E-state index contributed by atoms with van der Waals surface area (Å²) in [5.74, 6) is -0.771. The van der Waals surface area contributed by atoms with Gasteiger partial charge in [0.1, 0.15) is 5.00 Å². The lowest BCUT2D eigenvalue weighted by Gasteiger charge is -2.29. The van der Waals surface area contributed by atoms with Gasteiger partial charge in [0.05, 0.1) is 17.9 Å². The molecule has 2 amide bonds. The predicted octanol–water partition coefficient (Wildman–Crippen LogP) is 7.02. The summed E-state index contributed by atoms with van der Waals surface area (Å²) in [6, 6.07) is 14.8. The molecule has 5 rings (SSSR count). The number of aliphatic hydroxyl groups is 1. The lowest BCUT2D eigenvalue weighted by atomic mass is 9.76. The second-order valence-electron chi connectivity index (χ2n) is 11.2. The highest BCUT2D eigenvalue weighted by Crippen LogP contribution is 2.47. The molecule has 0 saturated heterocycles. The molecule has 2 heterocycles. The van der Waals surface area contributed by atoms with E-state index in [0.29, 0.717) is 32.9 Å². The van der Waals surface area contributed by atoms with Gasteiger partial charge in [-0.05, 0) is 77.8 Å². The highest BCUT2D eigenvalue weighted by Gasteiger charge is 2.32. The van der Waals surface area contributed by atoms with Gasteiger partial charge < -0.3 is 15.7 Å². The molecule has 0 spiro atoms. The minimum Gasteiger partial charge on any atom is -0.392 e. The van der Waals surface area contributed by atoms with Crippen molar-refractivity contribution in [1.29, 1.82) is 0 Å². The number of carbonyl (C=O) groups excluding carboxylic acids is 2. The van der Waals surface area contributed by atoms with E-state index in [4.69, 9.17) is 0 Å². The highest BCUT2D eigenvalue weighted by atomic mass is 32.1. The van der Waals surface area contributed by atoms with Crippen LogP contribution in [0.15, 0.2) is 66.9 Å². The Hall–Kier alpha value is -4.02. The number of hydrogen-bond acceptors (Lipinski definition) is 5. The van der Waals surface area contributed by atoms with Gasteiger partial charge in [-0.1, -0.05) is 38.1 Å². The second kappa shape index (κ2) is 11.7. The maximum Gasteiger partial charge on any atom is 0.416 e. The Morgan fingerprint density at radius 3 is 2.50 bits per heavy atom. The lowest BCUT2D eigenvalue weighted by Crippen LogP contribution is -2.23. The zero-order valence-electron chi connectivity index (χ0n) is 23.1. The van der Waals surface area contributed by atoms with Crippen LogP contribution in [-0.4, -0.2) is 21.9 Å². The smallest absolute Gasteiger partial charge is 0.392 e. The molecule has 0 atom stereocenters. The van der Waals surface area contributed by atoms with Crippen LogP contribution in [0.5, 0.6) is 0 Å². The van der Waals surface area contributed by atoms with Crippen LogP contribution in [0.3, 0.4) is 0 Å². The zero-order valence-corrected chi connectivity index (χ0v) is 24.0. The molecule has 218 valence electrons. The van der Waals surface area contributed by atoms with Crippen molar-refractivity contribution >= 4 is 28.2 Å². The Morgan fingerprint density at radius 2 is 1.74 bits per heavy atom. The molecule has 2 aromatic heterocycles. The average Bonchev–Trinajstić information content (AvgIpc) is 3.31. The number of amides is 2. The predicted molar refractivity (Wildman–Crippen MR) is 156 cm³/mol. The number of hydrogen-bond donors (Lipinski definition) is 3. The molecule has 1 aliphatic carbocycles. The molecule has 4 aromatic rings. The van der Waals surface area contributed by atoms with Crippen molar-refractivity contribution in [2.24, 2.45) is 5.41 Å². The Kier molecular flexibility index (Phi) is 8.21. The number of anilines is 1. The van der Waals surface area contributed by atoms with E-state index in [0.717, 1.165) is 47.4 Å². The van der Waals surface area contributed by atoms with Crippen molar-refractivity contribution in [3.8, 4) is 11.3 Å². The molecule has 2 aromatic carbocycles. The van der Waals surface area contributed by atoms with Gasteiger partial charge >= 0.3 is 6.18 Å². The normalized spacial score (nSPS) is 14.2. The van der Waals surface area contributed by atoms with E-state index in [-0.39, 0.29) is 24.5 Å². The topological polar surface area (TPSA) is 91.3 Å². The fourth-order valence-electron chi connectivity index (χ4n) is 5.10. The van der Waals surface area contributed by atoms with E-state index < -0.39 is 17.6 Å². The molecule has 0 saturated carbocycles. The van der Waals surface area contributed by atoms with Crippen LogP contribution in [0.2, 0.25) is 0 Å². The van der Waals surface area contributed by atoms with Crippen molar-refractivity contribution in [3.63, 3.8) is 0 Å². The van der Waals surface area contributed by atoms with Gasteiger partial charge in [-0.15, -0.1) is 11.3 Å². The maximum absolute atomic E-state index is 13.2. The van der Waals surface area contributed by atoms with E-state index >= 15 is 0 Å². The average molecular weight is 594 g/mol. The first-order valence-corrected chi connectivity index (χ1v) is 14.3. The highest BCUT2D eigenvalue weighted by molar-refractivity contribution is 7.17. The van der Waals surface area contributed by atoms with Crippen LogP contribution in [0, 0.1) is 5.41 Å². The summed E-state index contributed by atoms with van der Waals surface area (Å²) in [4.78, 5) is 32.0. The molecule has 42 heavy (non-hydrogen) atoms. The molecule has 3 N–H and O–H groups in total. The van der Waals surface area contributed by atoms with Crippen LogP contribution < -0.4 is 10.6 Å². The molecule has 10 heteroatoms. The van der Waals surface area contributed by atoms with Crippen molar-refractivity contribution in [2.45, 2.75) is 52.4 Å². The van der Waals surface area contributed by atoms with Crippen LogP contribution in [0.1, 0.15) is 68.1 Å². The second-order valence-corrected chi connectivity index (χ2v) is 12.3. The third-order valence-electron chi connectivity index (χ3n) is 7.37. The van der Waals surface area contributed by atoms with Gasteiger partial charge in [0.2, 0.25) is 0 Å². The Labute approximate surface area is 245 Å². The lowest BCUT2D eigenvalue weighted by molar-refractivity contribution is -0.137. The number of carbonyl (C=O) groups is 2. The van der Waals surface area contributed by atoms with Crippen LogP contribution in [-0.2, 0) is 32.2 Å². The van der Waals surface area contributed by atoms with Crippen LogP contribution >= 0.6 is 11.3 Å². The quantitative estimate of drug-likeness (QED) is 0.215. The zero-order chi connectivity index (χ0) is 30.1. The number of nitrogens with one attached hydrogen (secondary N) is 2. The molecule has 6 nitrogen and oxygen atoms in total. The number of fused-ring (bicyclic) bond motifs is 1. The van der Waals surface area contributed by atoms with Gasteiger partial charge in [-0.25, -0.2) is 0 Å². The standard InChI is InChI=1S/C32H30F3N3O3S/c1-31(2)11-9-24-26(16-31)42-30(38-29(41)21-7-3-6-20(13-21)18-39)27(24)25-15-22(10-12-36-25)28(40)37-17-19-5-4-8-23(14-19)32(33,34)35/h3-8,10,12-15,39H,9,11,16-18H2,1-2H3,(H,37,40)(H,38,41). The molecule has 0 bridgehead atoms. The molecule has 0 fully saturated rings. The summed E-state index contributed by atoms with van der Waals surface area (Å²) in [6.07, 6.45) is -0.372. The third kappa shape index (κ3) is 6.55. The van der Waals surface area contributed by atoms with E-state index in [1.165, 1.54) is 29.7 Å². The van der Waals surface area contributed by atoms with E-state index in [1.54, 1.807) is 36.4 Å². The van der Waals surface area contributed by atoms with E-state index in [2.05, 4.69) is 29.5 Å². The number of rotatable bonds is 7. The SMILES string of the molecule is CC1(C)CCc2c(sc(NC(=O)c3cccc(CO)c3)c2-c2cc(C(=O)NCc3cccc(C(F)(F)F)c3)ccn2)C1. The number of benzene rings is 2. The molecule has 0 radical (unpaired) electrons. The monoisotopic (exact) mass is 593 g/mol. The van der Waals surface area contributed by atoms with E-state index in [9.17, 15) is 27.9 Å². The first kappa shape index (κ1) is 29.5. The Morgan fingerprint density at radius 1 is 1.00 bits per heavy atom. The molecular formula is C32H30F3N3O3S. The van der Waals surface area contributed by atoms with Gasteiger partial charge in [0.25, 0.3) is 11.8 Å². The maximum atomic E-state index is 13.2. The number of thiophene rings is 1. The summed E-state index contributed by atoms with van der Waals surface area (Å²) in [5.41, 5.74) is 3.38. The number of nitrogens with zero attached hydrogens (tertiary/aromatic N) is 1. The van der Waals surface area contributed by atoms with Crippen molar-refractivity contribution in [3.05, 3.63) is 105 Å². The molecule has 1 aliphatic rings. The van der Waals surface area contributed by atoms with Gasteiger partial charge in [-0.2, -0.15) is 13.2 Å². The van der Waals surface area contributed by atoms with Crippen molar-refractivity contribution in [2.75, 3.05) is 5.32 Å². The van der Waals surface area contributed by atoms with Crippen molar-refractivity contribution in [1.82, 2.24) is 10.3 Å². The van der Waals surface area contributed by atoms with Gasteiger partial charge in [0, 0.05) is 34.3 Å². The summed E-state index contributed by atoms with van der Waals surface area (Å²) in [6.45, 7) is 4.17. The Balaban J connectivity index is 1.43. The van der Waals surface area contributed by atoms with E-state index in [1.807, 2.05) is 0 Å². The number of aromatic nitrogens is 1. The number of alkyl halides is 3. The first-order chi connectivity index (χ1) is 19.9. The summed E-state index contributed by atoms with van der Waals surface area (Å²) in [7, 11) is 0. The largest absolute Gasteiger partial charge is 0.416 e. The minimum absolute atomic E-state index is 0.0719. The Bertz CT molecular complexity index is 1650. The van der Waals surface area contributed by atoms with Crippen LogP contribution in [0.25, 0.3) is 11.3 Å². The molecular weight excluding hydrogens is 563 g/mol. The third-order valence-corrected chi connectivity index (χ3v) is 8.51.